The van der Waals surface area contributed by atoms with Gasteiger partial charge in [0.25, 0.3) is 0 Å². The lowest BCUT2D eigenvalue weighted by atomic mass is 9.42. The molecule has 13 unspecified atom stereocenters. The highest BCUT2D eigenvalue weighted by Crippen LogP contribution is 2.68. The van der Waals surface area contributed by atoms with E-state index in [1.165, 1.54) is 13.8 Å². The number of allylic oxidation sites excluding steroid dienone is 2. The van der Waals surface area contributed by atoms with E-state index in [2.05, 4.69) is 53.7 Å². The van der Waals surface area contributed by atoms with Gasteiger partial charge < -0.3 is 19.7 Å². The van der Waals surface area contributed by atoms with Gasteiger partial charge in [0.15, 0.2) is 5.78 Å². The molecular weight excluding hydrogens is 496 g/mol. The number of aliphatic hydroxyl groups is 2. The van der Waals surface area contributed by atoms with Crippen LogP contribution in [0.3, 0.4) is 0 Å². The summed E-state index contributed by atoms with van der Waals surface area (Å²) in [7, 11) is 0. The van der Waals surface area contributed by atoms with E-state index < -0.39 is 41.0 Å². The molecule has 0 amide bonds. The number of fused-ring (bicyclic) bond motifs is 5. The second kappa shape index (κ2) is 10.9. The maximum atomic E-state index is 13.7. The van der Waals surface area contributed by atoms with Crippen LogP contribution in [0.15, 0.2) is 12.2 Å². The Bertz CT molecular complexity index is 989. The Labute approximate surface area is 234 Å². The second-order valence-corrected chi connectivity index (χ2v) is 14.2. The minimum absolute atomic E-state index is 0.0537. The van der Waals surface area contributed by atoms with Gasteiger partial charge in [-0.15, -0.1) is 0 Å². The molecule has 4 fully saturated rings. The monoisotopic (exact) mass is 546 g/mol. The van der Waals surface area contributed by atoms with Crippen LogP contribution in [0, 0.1) is 58.2 Å². The van der Waals surface area contributed by atoms with E-state index in [4.69, 9.17) is 9.47 Å². The fourth-order valence-corrected chi connectivity index (χ4v) is 9.40. The average Bonchev–Trinajstić information content (AvgIpc) is 3.11. The molecule has 13 atom stereocenters. The highest BCUT2D eigenvalue weighted by molar-refractivity contribution is 5.87. The quantitative estimate of drug-likeness (QED) is 0.366. The van der Waals surface area contributed by atoms with Gasteiger partial charge in [-0.1, -0.05) is 53.7 Å². The molecule has 0 aromatic rings. The van der Waals surface area contributed by atoms with Crippen molar-refractivity contribution in [3.05, 3.63) is 12.2 Å². The van der Waals surface area contributed by atoms with Crippen molar-refractivity contribution in [2.45, 2.75) is 112 Å². The van der Waals surface area contributed by atoms with Crippen molar-refractivity contribution in [3.63, 3.8) is 0 Å². The van der Waals surface area contributed by atoms with Crippen LogP contribution in [0.5, 0.6) is 0 Å². The fraction of sp³-hybridized carbons (Fsp3) is 0.844. The van der Waals surface area contributed by atoms with Gasteiger partial charge >= 0.3 is 11.9 Å². The average molecular weight is 547 g/mol. The summed E-state index contributed by atoms with van der Waals surface area (Å²) in [6, 6.07) is 0. The number of hydrogen-bond donors (Lipinski definition) is 2. The summed E-state index contributed by atoms with van der Waals surface area (Å²) in [5, 5.41) is 22.1. The summed E-state index contributed by atoms with van der Waals surface area (Å²) in [6.07, 6.45) is 4.59. The van der Waals surface area contributed by atoms with E-state index in [1.807, 2.05) is 0 Å². The Balaban J connectivity index is 1.80. The van der Waals surface area contributed by atoms with Gasteiger partial charge in [0, 0.05) is 37.5 Å². The van der Waals surface area contributed by atoms with Crippen LogP contribution in [0.2, 0.25) is 0 Å². The minimum atomic E-state index is -1.20. The van der Waals surface area contributed by atoms with Crippen molar-refractivity contribution in [1.29, 1.82) is 0 Å². The molecule has 4 rings (SSSR count). The van der Waals surface area contributed by atoms with Crippen LogP contribution < -0.4 is 0 Å². The topological polar surface area (TPSA) is 110 Å². The lowest BCUT2D eigenvalue weighted by Crippen LogP contribution is -2.66. The van der Waals surface area contributed by atoms with Crippen molar-refractivity contribution in [3.8, 4) is 0 Å². The van der Waals surface area contributed by atoms with E-state index >= 15 is 0 Å². The number of carbonyl (C=O) groups excluding carboxylic acids is 3. The first-order valence-corrected chi connectivity index (χ1v) is 15.0. The van der Waals surface area contributed by atoms with Crippen LogP contribution in [0.4, 0.5) is 0 Å². The van der Waals surface area contributed by atoms with Crippen LogP contribution in [-0.4, -0.2) is 52.4 Å². The van der Waals surface area contributed by atoms with E-state index in [0.717, 1.165) is 0 Å². The van der Waals surface area contributed by atoms with Crippen LogP contribution in [0.25, 0.3) is 0 Å². The fourth-order valence-electron chi connectivity index (χ4n) is 9.40. The van der Waals surface area contributed by atoms with E-state index in [9.17, 15) is 24.6 Å². The molecule has 2 N–H and O–H groups in total. The van der Waals surface area contributed by atoms with Crippen molar-refractivity contribution in [1.82, 2.24) is 0 Å². The standard InChI is InChI=1S/C32H50O7/c1-16(2)17(3)9-10-18(4)27-24(38-19(5)33)14-22-26-28(25(39-20(6)34)15-32(22,27)8)31(7)12-11-21(35)13-23(31)29(36)30(26)37/h9-10,16-18,21-28,30,35,37H,11-15H2,1-8H3. The number of ether oxygens (including phenoxy) is 2. The number of rotatable bonds is 6. The SMILES string of the molecule is CC(=O)OC1CC2(C)C(CC(OC(C)=O)C2C(C)C=CC(C)C(C)C)C2C(O)C(=O)C3CC(O)CCC3(C)C12. The molecule has 0 spiro atoms. The molecule has 0 aromatic heterocycles. The van der Waals surface area contributed by atoms with Gasteiger partial charge in [0.2, 0.25) is 0 Å². The minimum Gasteiger partial charge on any atom is -0.462 e. The number of ketones is 1. The molecule has 7 nitrogen and oxygen atoms in total. The molecular formula is C32H50O7. The second-order valence-electron chi connectivity index (χ2n) is 14.2. The largest absolute Gasteiger partial charge is 0.462 e. The zero-order valence-electron chi connectivity index (χ0n) is 25.1. The van der Waals surface area contributed by atoms with Crippen LogP contribution >= 0.6 is 0 Å². The zero-order valence-corrected chi connectivity index (χ0v) is 25.1. The first-order valence-electron chi connectivity index (χ1n) is 15.0. The Morgan fingerprint density at radius 2 is 1.56 bits per heavy atom. The van der Waals surface area contributed by atoms with Crippen molar-refractivity contribution in [2.75, 3.05) is 0 Å². The smallest absolute Gasteiger partial charge is 0.302 e. The molecule has 0 radical (unpaired) electrons. The predicted molar refractivity (Wildman–Crippen MR) is 147 cm³/mol. The summed E-state index contributed by atoms with van der Waals surface area (Å²) in [5.41, 5.74) is -0.917. The third-order valence-electron chi connectivity index (χ3n) is 11.5. The molecule has 0 heterocycles. The van der Waals surface area contributed by atoms with Gasteiger partial charge in [0.05, 0.1) is 6.10 Å². The van der Waals surface area contributed by atoms with Crippen molar-refractivity contribution < 1.29 is 34.1 Å². The molecule has 0 saturated heterocycles. The van der Waals surface area contributed by atoms with Gasteiger partial charge in [0.1, 0.15) is 18.3 Å². The third-order valence-corrected chi connectivity index (χ3v) is 11.5. The van der Waals surface area contributed by atoms with Crippen molar-refractivity contribution >= 4 is 17.7 Å². The van der Waals surface area contributed by atoms with E-state index in [0.29, 0.717) is 43.9 Å². The molecule has 39 heavy (non-hydrogen) atoms. The summed E-state index contributed by atoms with van der Waals surface area (Å²) < 4.78 is 12.1. The number of carbonyl (C=O) groups is 3. The number of hydrogen-bond acceptors (Lipinski definition) is 7. The molecule has 4 aliphatic carbocycles. The third kappa shape index (κ3) is 5.23. The highest BCUT2D eigenvalue weighted by Gasteiger charge is 2.70. The number of aliphatic hydroxyl groups excluding tert-OH is 2. The zero-order chi connectivity index (χ0) is 29.0. The number of Topliss-reactive ketones (excluding diaryl/α,β-unsaturated/α-hetero) is 1. The number of esters is 2. The first-order chi connectivity index (χ1) is 18.1. The van der Waals surface area contributed by atoms with E-state index in [1.54, 1.807) is 0 Å². The maximum Gasteiger partial charge on any atom is 0.302 e. The summed E-state index contributed by atoms with van der Waals surface area (Å²) >= 11 is 0. The van der Waals surface area contributed by atoms with Crippen molar-refractivity contribution in [2.24, 2.45) is 58.2 Å². The molecule has 220 valence electrons. The molecule has 4 saturated carbocycles. The Kier molecular flexibility index (Phi) is 8.47. The van der Waals surface area contributed by atoms with E-state index in [-0.39, 0.29) is 47.5 Å². The Morgan fingerprint density at radius 1 is 0.949 bits per heavy atom. The first kappa shape index (κ1) is 30.2. The predicted octanol–water partition coefficient (Wildman–Crippen LogP) is 4.72. The van der Waals surface area contributed by atoms with Crippen LogP contribution in [0.1, 0.15) is 87.5 Å². The lowest BCUT2D eigenvalue weighted by Gasteiger charge is -2.63. The molecule has 7 heteroatoms. The molecule has 0 aromatic carbocycles. The van der Waals surface area contributed by atoms with Gasteiger partial charge in [-0.25, -0.2) is 0 Å². The molecule has 0 bridgehead atoms. The van der Waals surface area contributed by atoms with Gasteiger partial charge in [-0.3, -0.25) is 14.4 Å². The normalized spacial score (nSPS) is 45.3. The van der Waals surface area contributed by atoms with Gasteiger partial charge in [-0.2, -0.15) is 0 Å². The lowest BCUT2D eigenvalue weighted by molar-refractivity contribution is -0.217. The Hall–Kier alpha value is -1.73. The molecule has 0 aliphatic heterocycles. The highest BCUT2D eigenvalue weighted by atomic mass is 16.5. The van der Waals surface area contributed by atoms with Crippen LogP contribution in [-0.2, 0) is 23.9 Å². The molecule has 4 aliphatic rings. The summed E-state index contributed by atoms with van der Waals surface area (Å²) in [6.45, 7) is 15.9. The maximum absolute atomic E-state index is 13.7. The Morgan fingerprint density at radius 3 is 2.15 bits per heavy atom. The summed E-state index contributed by atoms with van der Waals surface area (Å²) in [5.74, 6) is -1.16. The summed E-state index contributed by atoms with van der Waals surface area (Å²) in [4.78, 5) is 38.5. The van der Waals surface area contributed by atoms with Gasteiger partial charge in [-0.05, 0) is 66.6 Å².